The van der Waals surface area contributed by atoms with Gasteiger partial charge in [-0.2, -0.15) is 0 Å². The fraction of sp³-hybridized carbons (Fsp3) is 0.750. The summed E-state index contributed by atoms with van der Waals surface area (Å²) < 4.78 is 14.3. The monoisotopic (exact) mass is 190 g/mol. The lowest BCUT2D eigenvalue weighted by molar-refractivity contribution is -0.201. The first-order chi connectivity index (χ1) is 5.97. The van der Waals surface area contributed by atoms with Crippen LogP contribution >= 0.6 is 0 Å². The molecule has 0 amide bonds. The molecule has 0 heterocycles. The van der Waals surface area contributed by atoms with Crippen molar-refractivity contribution < 1.29 is 23.8 Å². The third-order valence-electron chi connectivity index (χ3n) is 1.25. The van der Waals surface area contributed by atoms with E-state index in [1.165, 1.54) is 21.0 Å². The van der Waals surface area contributed by atoms with Crippen molar-refractivity contribution in [1.82, 2.24) is 0 Å². The highest BCUT2D eigenvalue weighted by molar-refractivity contribution is 5.67. The second-order valence-corrected chi connectivity index (χ2v) is 2.53. The van der Waals surface area contributed by atoms with Gasteiger partial charge in [-0.15, -0.1) is 0 Å². The summed E-state index contributed by atoms with van der Waals surface area (Å²) in [6.07, 6.45) is -1.45. The van der Waals surface area contributed by atoms with Crippen LogP contribution < -0.4 is 0 Å². The lowest BCUT2D eigenvalue weighted by Gasteiger charge is -2.21. The lowest BCUT2D eigenvalue weighted by Crippen LogP contribution is -2.33. The van der Waals surface area contributed by atoms with Crippen LogP contribution in [0.1, 0.15) is 20.8 Å². The molecule has 13 heavy (non-hydrogen) atoms. The van der Waals surface area contributed by atoms with Gasteiger partial charge in [-0.3, -0.25) is 9.59 Å². The summed E-state index contributed by atoms with van der Waals surface area (Å²) >= 11 is 0. The van der Waals surface area contributed by atoms with Crippen LogP contribution in [0.4, 0.5) is 0 Å². The fourth-order valence-electron chi connectivity index (χ4n) is 0.816. The molecule has 0 saturated heterocycles. The van der Waals surface area contributed by atoms with Crippen LogP contribution in [0, 0.1) is 0 Å². The Balaban J connectivity index is 4.06. The molecule has 0 aromatic rings. The summed E-state index contributed by atoms with van der Waals surface area (Å²) in [6.45, 7) is 4.11. The molecule has 5 heteroatoms. The van der Waals surface area contributed by atoms with Gasteiger partial charge in [-0.25, -0.2) is 0 Å². The van der Waals surface area contributed by atoms with Crippen molar-refractivity contribution >= 4 is 11.9 Å². The quantitative estimate of drug-likeness (QED) is 0.476. The van der Waals surface area contributed by atoms with Gasteiger partial charge < -0.3 is 14.2 Å². The first kappa shape index (κ1) is 11.9. The van der Waals surface area contributed by atoms with Crippen LogP contribution in [-0.4, -0.2) is 31.4 Å². The van der Waals surface area contributed by atoms with E-state index in [0.717, 1.165) is 0 Å². The zero-order chi connectivity index (χ0) is 10.4. The molecule has 0 aliphatic rings. The maximum Gasteiger partial charge on any atom is 0.305 e. The normalized spacial score (nSPS) is 14.5. The number of hydrogen-bond acceptors (Lipinski definition) is 5. The van der Waals surface area contributed by atoms with E-state index in [4.69, 9.17) is 14.2 Å². The molecule has 0 aromatic heterocycles. The van der Waals surface area contributed by atoms with E-state index in [9.17, 15) is 9.59 Å². The maximum atomic E-state index is 10.6. The van der Waals surface area contributed by atoms with Gasteiger partial charge in [-0.05, 0) is 6.92 Å². The van der Waals surface area contributed by atoms with Gasteiger partial charge in [0.25, 0.3) is 0 Å². The molecule has 0 bridgehead atoms. The third-order valence-corrected chi connectivity index (χ3v) is 1.25. The van der Waals surface area contributed by atoms with Crippen molar-refractivity contribution in [3.63, 3.8) is 0 Å². The minimum atomic E-state index is -0.846. The van der Waals surface area contributed by atoms with E-state index in [1.807, 2.05) is 0 Å². The van der Waals surface area contributed by atoms with E-state index in [0.29, 0.717) is 0 Å². The number of carbonyl (C=O) groups is 2. The molecule has 76 valence electrons. The Morgan fingerprint density at radius 1 is 1.08 bits per heavy atom. The van der Waals surface area contributed by atoms with Crippen LogP contribution in [0.15, 0.2) is 0 Å². The Labute approximate surface area is 77.0 Å². The number of carbonyl (C=O) groups excluding carboxylic acids is 2. The molecule has 0 rings (SSSR count). The van der Waals surface area contributed by atoms with Crippen molar-refractivity contribution in [2.24, 2.45) is 0 Å². The van der Waals surface area contributed by atoms with Gasteiger partial charge in [0, 0.05) is 21.0 Å². The minimum Gasteiger partial charge on any atom is -0.456 e. The summed E-state index contributed by atoms with van der Waals surface area (Å²) in [5.41, 5.74) is 0. The second-order valence-electron chi connectivity index (χ2n) is 2.53. The fourth-order valence-corrected chi connectivity index (χ4v) is 0.816. The minimum absolute atomic E-state index is 0.443. The van der Waals surface area contributed by atoms with Crippen LogP contribution in [-0.2, 0) is 23.8 Å². The maximum absolute atomic E-state index is 10.6. The van der Waals surface area contributed by atoms with Gasteiger partial charge in [0.05, 0.1) is 0 Å². The van der Waals surface area contributed by atoms with E-state index in [-0.39, 0.29) is 0 Å². The Morgan fingerprint density at radius 2 is 1.54 bits per heavy atom. The van der Waals surface area contributed by atoms with E-state index in [1.54, 1.807) is 6.92 Å². The third kappa shape index (κ3) is 5.19. The Kier molecular flexibility index (Phi) is 5.06. The smallest absolute Gasteiger partial charge is 0.305 e. The largest absolute Gasteiger partial charge is 0.456 e. The number of methoxy groups -OCH3 is 1. The molecule has 0 aliphatic carbocycles. The molecule has 0 saturated carbocycles. The number of ether oxygens (including phenoxy) is 3. The molecule has 0 spiro atoms. The molecule has 0 aromatic carbocycles. The van der Waals surface area contributed by atoms with Gasteiger partial charge in [0.1, 0.15) is 0 Å². The summed E-state index contributed by atoms with van der Waals surface area (Å²) in [7, 11) is 1.37. The van der Waals surface area contributed by atoms with Gasteiger partial charge in [0.15, 0.2) is 6.10 Å². The van der Waals surface area contributed by atoms with E-state index in [2.05, 4.69) is 0 Å². The second kappa shape index (κ2) is 5.53. The van der Waals surface area contributed by atoms with Crippen molar-refractivity contribution in [3.8, 4) is 0 Å². The van der Waals surface area contributed by atoms with E-state index < -0.39 is 24.3 Å². The molecular weight excluding hydrogens is 176 g/mol. The number of esters is 2. The lowest BCUT2D eigenvalue weighted by atomic mass is 10.4. The van der Waals surface area contributed by atoms with Gasteiger partial charge >= 0.3 is 11.9 Å². The van der Waals surface area contributed by atoms with Crippen LogP contribution in [0.5, 0.6) is 0 Å². The molecule has 2 atom stereocenters. The van der Waals surface area contributed by atoms with Gasteiger partial charge in [0.2, 0.25) is 6.29 Å². The summed E-state index contributed by atoms with van der Waals surface area (Å²) in [6, 6.07) is 0. The number of hydrogen-bond donors (Lipinski definition) is 0. The van der Waals surface area contributed by atoms with Crippen molar-refractivity contribution in [1.29, 1.82) is 0 Å². The summed E-state index contributed by atoms with van der Waals surface area (Å²) in [5.74, 6) is -0.924. The standard InChI is InChI=1S/C8H14O5/c1-5(12-6(2)9)8(11-4)13-7(3)10/h5,8H,1-4H3. The highest BCUT2D eigenvalue weighted by Gasteiger charge is 2.21. The van der Waals surface area contributed by atoms with Crippen molar-refractivity contribution in [2.75, 3.05) is 7.11 Å². The molecule has 5 nitrogen and oxygen atoms in total. The topological polar surface area (TPSA) is 61.8 Å². The van der Waals surface area contributed by atoms with Crippen LogP contribution in [0.25, 0.3) is 0 Å². The predicted octanol–water partition coefficient (Wildman–Crippen LogP) is 0.474. The highest BCUT2D eigenvalue weighted by Crippen LogP contribution is 2.05. The molecule has 0 fully saturated rings. The molecular formula is C8H14O5. The zero-order valence-electron chi connectivity index (χ0n) is 8.20. The SMILES string of the molecule is COC(OC(C)=O)C(C)OC(C)=O. The van der Waals surface area contributed by atoms with Gasteiger partial charge in [-0.1, -0.05) is 0 Å². The zero-order valence-corrected chi connectivity index (χ0v) is 8.20. The van der Waals surface area contributed by atoms with Crippen molar-refractivity contribution in [3.05, 3.63) is 0 Å². The summed E-state index contributed by atoms with van der Waals surface area (Å²) in [5, 5.41) is 0. The average Bonchev–Trinajstić information content (AvgIpc) is 1.98. The highest BCUT2D eigenvalue weighted by atomic mass is 16.7. The molecule has 2 unspecified atom stereocenters. The predicted molar refractivity (Wildman–Crippen MR) is 43.8 cm³/mol. The van der Waals surface area contributed by atoms with Crippen LogP contribution in [0.3, 0.4) is 0 Å². The number of rotatable bonds is 4. The first-order valence-corrected chi connectivity index (χ1v) is 3.84. The Bertz CT molecular complexity index is 189. The molecule has 0 N–H and O–H groups in total. The average molecular weight is 190 g/mol. The van der Waals surface area contributed by atoms with Crippen molar-refractivity contribution in [2.45, 2.75) is 33.2 Å². The summed E-state index contributed by atoms with van der Waals surface area (Å²) in [4.78, 5) is 21.1. The first-order valence-electron chi connectivity index (χ1n) is 3.84. The Hall–Kier alpha value is -1.10. The van der Waals surface area contributed by atoms with Crippen LogP contribution in [0.2, 0.25) is 0 Å². The van der Waals surface area contributed by atoms with E-state index >= 15 is 0 Å². The molecule has 0 aliphatic heterocycles. The molecule has 0 radical (unpaired) electrons. The Morgan fingerprint density at radius 3 is 1.85 bits per heavy atom.